The van der Waals surface area contributed by atoms with Crippen LogP contribution < -0.4 is 0 Å². The first-order valence-electron chi connectivity index (χ1n) is 9.88. The van der Waals surface area contributed by atoms with E-state index in [0.29, 0.717) is 35.7 Å². The molecule has 4 aliphatic carbocycles. The lowest BCUT2D eigenvalue weighted by molar-refractivity contribution is -0.117. The Labute approximate surface area is 145 Å². The summed E-state index contributed by atoms with van der Waals surface area (Å²) in [7, 11) is 0. The van der Waals surface area contributed by atoms with Gasteiger partial charge in [-0.15, -0.1) is 0 Å². The lowest BCUT2D eigenvalue weighted by Gasteiger charge is -2.57. The molecule has 0 aliphatic heterocycles. The van der Waals surface area contributed by atoms with Gasteiger partial charge in [0.2, 0.25) is 0 Å². The standard InChI is InChI=1S/C22H30O2/c1-4-5-18-20(24)13-19-16-7-6-14-12-15(23)8-10-21(14,2)17(16)9-11-22(18,19)3/h5,12,16-17,19H,4,6-11,13H2,1-3H3/b18-5+. The van der Waals surface area contributed by atoms with Crippen molar-refractivity contribution in [3.05, 3.63) is 23.3 Å². The zero-order valence-electron chi connectivity index (χ0n) is 15.4. The molecule has 5 atom stereocenters. The number of ketones is 2. The molecule has 0 amide bonds. The summed E-state index contributed by atoms with van der Waals surface area (Å²) >= 11 is 0. The molecule has 0 saturated heterocycles. The maximum absolute atomic E-state index is 12.7. The fraction of sp³-hybridized carbons (Fsp3) is 0.727. The minimum Gasteiger partial charge on any atom is -0.295 e. The molecule has 4 aliphatic rings. The third kappa shape index (κ3) is 2.07. The predicted octanol–water partition coefficient (Wildman–Crippen LogP) is 5.03. The highest BCUT2D eigenvalue weighted by Gasteiger charge is 2.59. The summed E-state index contributed by atoms with van der Waals surface area (Å²) in [5, 5.41) is 0. The van der Waals surface area contributed by atoms with Gasteiger partial charge in [0.15, 0.2) is 11.6 Å². The molecular formula is C22H30O2. The minimum absolute atomic E-state index is 0.107. The second-order valence-electron chi connectivity index (χ2n) is 9.08. The van der Waals surface area contributed by atoms with Gasteiger partial charge in [-0.2, -0.15) is 0 Å². The van der Waals surface area contributed by atoms with E-state index in [1.165, 1.54) is 18.4 Å². The van der Waals surface area contributed by atoms with E-state index in [2.05, 4.69) is 26.8 Å². The zero-order chi connectivity index (χ0) is 17.1. The third-order valence-electron chi connectivity index (χ3n) is 8.08. The van der Waals surface area contributed by atoms with Crippen LogP contribution in [-0.4, -0.2) is 11.6 Å². The molecule has 0 heterocycles. The van der Waals surface area contributed by atoms with Gasteiger partial charge in [0.1, 0.15) is 0 Å². The largest absolute Gasteiger partial charge is 0.295 e. The quantitative estimate of drug-likeness (QED) is 0.633. The van der Waals surface area contributed by atoms with Gasteiger partial charge in [-0.1, -0.05) is 32.4 Å². The number of Topliss-reactive ketones (excluding diaryl/α,β-unsaturated/α-hetero) is 1. The van der Waals surface area contributed by atoms with E-state index in [1.807, 2.05) is 6.08 Å². The Morgan fingerprint density at radius 3 is 2.62 bits per heavy atom. The molecule has 0 spiro atoms. The van der Waals surface area contributed by atoms with Crippen molar-refractivity contribution in [3.8, 4) is 0 Å². The average Bonchev–Trinajstić information content (AvgIpc) is 2.80. The summed E-state index contributed by atoms with van der Waals surface area (Å²) in [5.74, 6) is 2.59. The van der Waals surface area contributed by atoms with E-state index in [1.54, 1.807) is 0 Å². The molecule has 24 heavy (non-hydrogen) atoms. The monoisotopic (exact) mass is 326 g/mol. The first-order chi connectivity index (χ1) is 11.4. The van der Waals surface area contributed by atoms with E-state index in [-0.39, 0.29) is 10.8 Å². The van der Waals surface area contributed by atoms with Gasteiger partial charge in [-0.3, -0.25) is 9.59 Å². The molecule has 0 aromatic heterocycles. The van der Waals surface area contributed by atoms with Crippen molar-refractivity contribution >= 4 is 11.6 Å². The molecule has 4 rings (SSSR count). The Morgan fingerprint density at radius 2 is 1.88 bits per heavy atom. The molecule has 0 N–H and O–H groups in total. The maximum atomic E-state index is 12.7. The Morgan fingerprint density at radius 1 is 1.08 bits per heavy atom. The van der Waals surface area contributed by atoms with Crippen molar-refractivity contribution in [1.29, 1.82) is 0 Å². The molecule has 0 bridgehead atoms. The van der Waals surface area contributed by atoms with Gasteiger partial charge in [0, 0.05) is 12.8 Å². The van der Waals surface area contributed by atoms with Crippen molar-refractivity contribution in [2.24, 2.45) is 28.6 Å². The molecular weight excluding hydrogens is 296 g/mol. The summed E-state index contributed by atoms with van der Waals surface area (Å²) in [6.07, 6.45) is 12.2. The Hall–Kier alpha value is -1.18. The van der Waals surface area contributed by atoms with Gasteiger partial charge >= 0.3 is 0 Å². The van der Waals surface area contributed by atoms with E-state index in [9.17, 15) is 9.59 Å². The number of hydrogen-bond donors (Lipinski definition) is 0. The van der Waals surface area contributed by atoms with Crippen LogP contribution in [0.1, 0.15) is 72.1 Å². The summed E-state index contributed by atoms with van der Waals surface area (Å²) in [6, 6.07) is 0. The van der Waals surface area contributed by atoms with Crippen LogP contribution in [0.5, 0.6) is 0 Å². The second-order valence-corrected chi connectivity index (χ2v) is 9.08. The molecule has 3 saturated carbocycles. The van der Waals surface area contributed by atoms with Crippen LogP contribution in [0.2, 0.25) is 0 Å². The summed E-state index contributed by atoms with van der Waals surface area (Å²) < 4.78 is 0. The molecule has 5 unspecified atom stereocenters. The van der Waals surface area contributed by atoms with Crippen molar-refractivity contribution in [2.75, 3.05) is 0 Å². The van der Waals surface area contributed by atoms with Crippen LogP contribution in [-0.2, 0) is 9.59 Å². The number of rotatable bonds is 1. The molecule has 130 valence electrons. The first-order valence-corrected chi connectivity index (χ1v) is 9.88. The summed E-state index contributed by atoms with van der Waals surface area (Å²) in [6.45, 7) is 6.91. The van der Waals surface area contributed by atoms with Gasteiger partial charge in [0.25, 0.3) is 0 Å². The summed E-state index contributed by atoms with van der Waals surface area (Å²) in [5.41, 5.74) is 2.87. The van der Waals surface area contributed by atoms with Gasteiger partial charge in [0.05, 0.1) is 0 Å². The van der Waals surface area contributed by atoms with Crippen LogP contribution in [0.3, 0.4) is 0 Å². The van der Waals surface area contributed by atoms with Crippen molar-refractivity contribution in [2.45, 2.75) is 72.1 Å². The number of hydrogen-bond acceptors (Lipinski definition) is 2. The fourth-order valence-electron chi connectivity index (χ4n) is 6.77. The highest BCUT2D eigenvalue weighted by molar-refractivity contribution is 5.99. The SMILES string of the molecule is CC/C=C1\C(=O)CC2C3CCC4=CC(=O)CCC4(C)C3CCC12C. The first kappa shape index (κ1) is 16.3. The third-order valence-corrected chi connectivity index (χ3v) is 8.08. The number of carbonyl (C=O) groups excluding carboxylic acids is 2. The molecule has 2 heteroatoms. The van der Waals surface area contributed by atoms with Crippen molar-refractivity contribution in [1.82, 2.24) is 0 Å². The lowest BCUT2D eigenvalue weighted by Crippen LogP contribution is -2.49. The molecule has 0 aromatic carbocycles. The Kier molecular flexibility index (Phi) is 3.67. The normalized spacial score (nSPS) is 46.4. The molecule has 3 fully saturated rings. The van der Waals surface area contributed by atoms with Crippen LogP contribution in [0, 0.1) is 28.6 Å². The number of carbonyl (C=O) groups is 2. The van der Waals surface area contributed by atoms with Gasteiger partial charge in [-0.25, -0.2) is 0 Å². The second kappa shape index (κ2) is 5.41. The van der Waals surface area contributed by atoms with E-state index >= 15 is 0 Å². The Bertz CT molecular complexity index is 655. The molecule has 0 radical (unpaired) electrons. The van der Waals surface area contributed by atoms with Crippen LogP contribution in [0.4, 0.5) is 0 Å². The number of fused-ring (bicyclic) bond motifs is 5. The zero-order valence-corrected chi connectivity index (χ0v) is 15.4. The van der Waals surface area contributed by atoms with Crippen molar-refractivity contribution < 1.29 is 9.59 Å². The van der Waals surface area contributed by atoms with Gasteiger partial charge in [-0.05, 0) is 78.8 Å². The topological polar surface area (TPSA) is 34.1 Å². The molecule has 2 nitrogen and oxygen atoms in total. The summed E-state index contributed by atoms with van der Waals surface area (Å²) in [4.78, 5) is 24.6. The van der Waals surface area contributed by atoms with Crippen molar-refractivity contribution in [3.63, 3.8) is 0 Å². The van der Waals surface area contributed by atoms with E-state index in [4.69, 9.17) is 0 Å². The highest BCUT2D eigenvalue weighted by atomic mass is 16.1. The lowest BCUT2D eigenvalue weighted by atomic mass is 9.47. The van der Waals surface area contributed by atoms with Crippen LogP contribution in [0.15, 0.2) is 23.3 Å². The highest BCUT2D eigenvalue weighted by Crippen LogP contribution is 2.65. The number of allylic oxidation sites excluding steroid dienone is 3. The van der Waals surface area contributed by atoms with Crippen LogP contribution >= 0.6 is 0 Å². The predicted molar refractivity (Wildman–Crippen MR) is 95.5 cm³/mol. The van der Waals surface area contributed by atoms with Gasteiger partial charge < -0.3 is 0 Å². The fourth-order valence-corrected chi connectivity index (χ4v) is 6.77. The maximum Gasteiger partial charge on any atom is 0.159 e. The minimum atomic E-state index is 0.107. The van der Waals surface area contributed by atoms with Crippen LogP contribution in [0.25, 0.3) is 0 Å². The van der Waals surface area contributed by atoms with E-state index < -0.39 is 0 Å². The Balaban J connectivity index is 1.70. The van der Waals surface area contributed by atoms with E-state index in [0.717, 1.165) is 37.7 Å². The molecule has 0 aromatic rings. The average molecular weight is 326 g/mol. The smallest absolute Gasteiger partial charge is 0.159 e.